The average molecular weight is 296 g/mol. The summed E-state index contributed by atoms with van der Waals surface area (Å²) in [5.74, 6) is 6.76. The van der Waals surface area contributed by atoms with Crippen LogP contribution in [-0.4, -0.2) is 12.5 Å². The first-order chi connectivity index (χ1) is 8.86. The van der Waals surface area contributed by atoms with Crippen molar-refractivity contribution < 1.29 is 4.79 Å². The lowest BCUT2D eigenvalue weighted by Crippen LogP contribution is -2.34. The zero-order chi connectivity index (χ0) is 14.0. The van der Waals surface area contributed by atoms with Crippen LogP contribution in [0.15, 0.2) is 6.07 Å². The third-order valence-electron chi connectivity index (χ3n) is 3.10. The number of amides is 1. The van der Waals surface area contributed by atoms with E-state index in [1.165, 1.54) is 4.88 Å². The zero-order valence-corrected chi connectivity index (χ0v) is 13.0. The highest BCUT2D eigenvalue weighted by atomic mass is 35.5. The maximum atomic E-state index is 11.1. The first-order valence-corrected chi connectivity index (χ1v) is 7.64. The van der Waals surface area contributed by atoms with Crippen LogP contribution in [-0.2, 0) is 10.2 Å². The Morgan fingerprint density at radius 3 is 2.74 bits per heavy atom. The van der Waals surface area contributed by atoms with Gasteiger partial charge in [-0.15, -0.1) is 11.3 Å². The fourth-order valence-corrected chi connectivity index (χ4v) is 3.11. The highest BCUT2D eigenvalue weighted by Gasteiger charge is 2.19. The van der Waals surface area contributed by atoms with Gasteiger partial charge in [-0.05, 0) is 17.9 Å². The van der Waals surface area contributed by atoms with Crippen molar-refractivity contribution in [2.45, 2.75) is 39.0 Å². The molecule has 1 unspecified atom stereocenters. The molecule has 1 fully saturated rings. The van der Waals surface area contributed by atoms with E-state index >= 15 is 0 Å². The molecule has 1 N–H and O–H groups in total. The Morgan fingerprint density at radius 2 is 2.21 bits per heavy atom. The maximum Gasteiger partial charge on any atom is 0.220 e. The molecule has 0 spiro atoms. The van der Waals surface area contributed by atoms with Gasteiger partial charge in [0.05, 0.1) is 5.56 Å². The first-order valence-electron chi connectivity index (χ1n) is 6.44. The number of hydrogen-bond donors (Lipinski definition) is 1. The van der Waals surface area contributed by atoms with Crippen LogP contribution in [0.1, 0.15) is 44.1 Å². The van der Waals surface area contributed by atoms with E-state index in [-0.39, 0.29) is 17.2 Å². The van der Waals surface area contributed by atoms with E-state index in [2.05, 4.69) is 44.0 Å². The SMILES string of the molecule is CC(C)(C)c1cc(C#CC2CCC(=O)NC2)c(Cl)s1. The predicted octanol–water partition coefficient (Wildman–Crippen LogP) is 3.58. The molecule has 4 heteroatoms. The number of carbonyl (C=O) groups excluding carboxylic acids is 1. The van der Waals surface area contributed by atoms with Crippen LogP contribution in [0.25, 0.3) is 0 Å². The second-order valence-electron chi connectivity index (χ2n) is 5.86. The molecule has 0 radical (unpaired) electrons. The molecule has 1 atom stereocenters. The van der Waals surface area contributed by atoms with E-state index in [4.69, 9.17) is 11.6 Å². The number of rotatable bonds is 0. The van der Waals surface area contributed by atoms with Gasteiger partial charge in [0.15, 0.2) is 0 Å². The Bertz CT molecular complexity index is 535. The molecule has 0 aliphatic carbocycles. The summed E-state index contributed by atoms with van der Waals surface area (Å²) >= 11 is 7.84. The summed E-state index contributed by atoms with van der Waals surface area (Å²) in [4.78, 5) is 12.3. The Kier molecular flexibility index (Phi) is 4.23. The van der Waals surface area contributed by atoms with Gasteiger partial charge >= 0.3 is 0 Å². The quantitative estimate of drug-likeness (QED) is 0.728. The van der Waals surface area contributed by atoms with Gasteiger partial charge in [0, 0.05) is 23.8 Å². The number of hydrogen-bond acceptors (Lipinski definition) is 2. The van der Waals surface area contributed by atoms with Crippen molar-refractivity contribution >= 4 is 28.8 Å². The summed E-state index contributed by atoms with van der Waals surface area (Å²) < 4.78 is 0.761. The molecule has 2 rings (SSSR count). The lowest BCUT2D eigenvalue weighted by Gasteiger charge is -2.17. The second-order valence-corrected chi connectivity index (χ2v) is 7.51. The second kappa shape index (κ2) is 5.56. The molecule has 1 saturated heterocycles. The molecule has 102 valence electrons. The van der Waals surface area contributed by atoms with E-state index in [0.717, 1.165) is 16.3 Å². The van der Waals surface area contributed by atoms with Crippen molar-refractivity contribution in [3.8, 4) is 11.8 Å². The smallest absolute Gasteiger partial charge is 0.220 e. The lowest BCUT2D eigenvalue weighted by molar-refractivity contribution is -0.122. The van der Waals surface area contributed by atoms with Crippen molar-refractivity contribution in [3.05, 3.63) is 20.8 Å². The van der Waals surface area contributed by atoms with Crippen molar-refractivity contribution in [2.75, 3.05) is 6.54 Å². The van der Waals surface area contributed by atoms with Gasteiger partial charge in [-0.2, -0.15) is 0 Å². The molecule has 1 amide bonds. The van der Waals surface area contributed by atoms with Gasteiger partial charge in [0.2, 0.25) is 5.91 Å². The highest BCUT2D eigenvalue weighted by molar-refractivity contribution is 7.16. The summed E-state index contributed by atoms with van der Waals surface area (Å²) in [6, 6.07) is 2.08. The molecule has 1 aliphatic heterocycles. The van der Waals surface area contributed by atoms with Gasteiger partial charge in [-0.1, -0.05) is 44.2 Å². The minimum atomic E-state index is 0.104. The molecule has 1 aromatic heterocycles. The van der Waals surface area contributed by atoms with E-state index in [9.17, 15) is 4.79 Å². The summed E-state index contributed by atoms with van der Waals surface area (Å²) in [5.41, 5.74) is 1.01. The number of piperidine rings is 1. The number of thiophene rings is 1. The van der Waals surface area contributed by atoms with Crippen LogP contribution in [0.2, 0.25) is 4.34 Å². The number of halogens is 1. The molecule has 19 heavy (non-hydrogen) atoms. The molecule has 1 aliphatic rings. The Morgan fingerprint density at radius 1 is 1.47 bits per heavy atom. The van der Waals surface area contributed by atoms with Gasteiger partial charge < -0.3 is 5.32 Å². The molecule has 0 saturated carbocycles. The third-order valence-corrected chi connectivity index (χ3v) is 4.89. The van der Waals surface area contributed by atoms with E-state index in [0.29, 0.717) is 13.0 Å². The van der Waals surface area contributed by atoms with Crippen LogP contribution in [0, 0.1) is 17.8 Å². The molecule has 2 nitrogen and oxygen atoms in total. The topological polar surface area (TPSA) is 29.1 Å². The minimum absolute atomic E-state index is 0.104. The highest BCUT2D eigenvalue weighted by Crippen LogP contribution is 2.35. The normalized spacial score (nSPS) is 19.6. The van der Waals surface area contributed by atoms with Crippen LogP contribution < -0.4 is 5.32 Å². The molecule has 0 bridgehead atoms. The van der Waals surface area contributed by atoms with E-state index in [1.807, 2.05) is 0 Å². The van der Waals surface area contributed by atoms with Crippen LogP contribution in [0.3, 0.4) is 0 Å². The van der Waals surface area contributed by atoms with Crippen LogP contribution in [0.5, 0.6) is 0 Å². The largest absolute Gasteiger partial charge is 0.355 e. The van der Waals surface area contributed by atoms with E-state index < -0.39 is 0 Å². The van der Waals surface area contributed by atoms with Crippen LogP contribution in [0.4, 0.5) is 0 Å². The summed E-state index contributed by atoms with van der Waals surface area (Å²) in [6.07, 6.45) is 1.41. The fourth-order valence-electron chi connectivity index (χ4n) is 1.86. The zero-order valence-electron chi connectivity index (χ0n) is 11.5. The Balaban J connectivity index is 2.12. The molecule has 2 heterocycles. The maximum absolute atomic E-state index is 11.1. The summed E-state index contributed by atoms with van der Waals surface area (Å²) in [6.45, 7) is 7.16. The van der Waals surface area contributed by atoms with Gasteiger partial charge in [0.1, 0.15) is 4.34 Å². The summed E-state index contributed by atoms with van der Waals surface area (Å²) in [7, 11) is 0. The standard InChI is InChI=1S/C15H18ClNOS/c1-15(2,3)12-8-11(14(16)19-12)6-4-10-5-7-13(18)17-9-10/h8,10H,5,7,9H2,1-3H3,(H,17,18). The number of carbonyl (C=O) groups is 1. The molecular formula is C15H18ClNOS. The van der Waals surface area contributed by atoms with Crippen molar-refractivity contribution in [1.29, 1.82) is 0 Å². The molecular weight excluding hydrogens is 278 g/mol. The van der Waals surface area contributed by atoms with Gasteiger partial charge in [0.25, 0.3) is 0 Å². The van der Waals surface area contributed by atoms with Crippen LogP contribution >= 0.6 is 22.9 Å². The minimum Gasteiger partial charge on any atom is -0.355 e. The summed E-state index contributed by atoms with van der Waals surface area (Å²) in [5, 5.41) is 2.84. The predicted molar refractivity (Wildman–Crippen MR) is 80.6 cm³/mol. The first kappa shape index (κ1) is 14.4. The average Bonchev–Trinajstić information content (AvgIpc) is 2.70. The van der Waals surface area contributed by atoms with Gasteiger partial charge in [-0.25, -0.2) is 0 Å². The van der Waals surface area contributed by atoms with Crippen molar-refractivity contribution in [2.24, 2.45) is 5.92 Å². The number of nitrogens with one attached hydrogen (secondary N) is 1. The Hall–Kier alpha value is -0.980. The Labute approximate surface area is 123 Å². The monoisotopic (exact) mass is 295 g/mol. The fraction of sp³-hybridized carbons (Fsp3) is 0.533. The lowest BCUT2D eigenvalue weighted by atomic mass is 9.94. The van der Waals surface area contributed by atoms with Crippen molar-refractivity contribution in [3.63, 3.8) is 0 Å². The van der Waals surface area contributed by atoms with Gasteiger partial charge in [-0.3, -0.25) is 4.79 Å². The van der Waals surface area contributed by atoms with E-state index in [1.54, 1.807) is 11.3 Å². The third kappa shape index (κ3) is 3.75. The molecule has 1 aromatic rings. The molecule has 0 aromatic carbocycles. The van der Waals surface area contributed by atoms with Crippen molar-refractivity contribution in [1.82, 2.24) is 5.32 Å².